The van der Waals surface area contributed by atoms with Gasteiger partial charge in [0.05, 0.1) is 11.1 Å². The number of nitrogens with zero attached hydrogens (tertiary/aromatic N) is 2. The number of benzene rings is 1. The first-order chi connectivity index (χ1) is 9.04. The van der Waals surface area contributed by atoms with Crippen molar-refractivity contribution < 1.29 is 9.53 Å². The molecule has 0 aliphatic carbocycles. The molecule has 3 N–H and O–H groups in total. The van der Waals surface area contributed by atoms with Crippen molar-refractivity contribution in [2.45, 2.75) is 6.92 Å². The monoisotopic (exact) mass is 388 g/mol. The van der Waals surface area contributed by atoms with Crippen LogP contribution in [0, 0.1) is 0 Å². The van der Waals surface area contributed by atoms with E-state index in [1.54, 1.807) is 6.07 Å². The fourth-order valence-corrected chi connectivity index (χ4v) is 2.96. The van der Waals surface area contributed by atoms with Crippen LogP contribution in [0.15, 0.2) is 21.1 Å². The number of amides is 1. The normalized spacial score (nSPS) is 10.5. The summed E-state index contributed by atoms with van der Waals surface area (Å²) in [4.78, 5) is 11.3. The van der Waals surface area contributed by atoms with E-state index in [0.29, 0.717) is 23.6 Å². The molecule has 100 valence electrons. The predicted molar refractivity (Wildman–Crippen MR) is 76.9 cm³/mol. The van der Waals surface area contributed by atoms with Gasteiger partial charge in [-0.1, -0.05) is 15.9 Å². The summed E-state index contributed by atoms with van der Waals surface area (Å²) < 4.78 is 7.14. The number of halogens is 2. The van der Waals surface area contributed by atoms with E-state index in [1.807, 2.05) is 13.0 Å². The summed E-state index contributed by atoms with van der Waals surface area (Å²) in [6, 6.07) is 3.64. The second-order valence-electron chi connectivity index (χ2n) is 3.58. The second kappa shape index (κ2) is 5.70. The molecular formula is C11H10Br2N4O2. The summed E-state index contributed by atoms with van der Waals surface area (Å²) in [6.07, 6.45) is 0. The number of carbonyl (C=O) groups excluding carboxylic acids is 1. The van der Waals surface area contributed by atoms with Crippen molar-refractivity contribution in [2.75, 3.05) is 6.61 Å². The van der Waals surface area contributed by atoms with E-state index in [-0.39, 0.29) is 5.69 Å². The number of H-pyrrole nitrogens is 1. The number of ether oxygens (including phenoxy) is 1. The molecule has 8 heteroatoms. The Morgan fingerprint density at radius 1 is 1.42 bits per heavy atom. The molecule has 1 heterocycles. The number of hydrogen-bond acceptors (Lipinski definition) is 4. The van der Waals surface area contributed by atoms with Gasteiger partial charge in [-0.05, 0) is 35.0 Å². The zero-order chi connectivity index (χ0) is 14.0. The molecule has 19 heavy (non-hydrogen) atoms. The largest absolute Gasteiger partial charge is 0.492 e. The van der Waals surface area contributed by atoms with Gasteiger partial charge in [0, 0.05) is 10.0 Å². The molecular weight excluding hydrogens is 380 g/mol. The number of primary amides is 1. The van der Waals surface area contributed by atoms with Crippen molar-refractivity contribution in [1.82, 2.24) is 15.4 Å². The highest BCUT2D eigenvalue weighted by molar-refractivity contribution is 9.11. The molecule has 0 saturated heterocycles. The van der Waals surface area contributed by atoms with Gasteiger partial charge in [0.1, 0.15) is 11.4 Å². The number of aromatic nitrogens is 3. The molecule has 1 aromatic heterocycles. The van der Waals surface area contributed by atoms with Gasteiger partial charge < -0.3 is 10.5 Å². The predicted octanol–water partition coefficient (Wildman–Crippen LogP) is 2.49. The first-order valence-electron chi connectivity index (χ1n) is 5.37. The zero-order valence-corrected chi connectivity index (χ0v) is 13.1. The molecule has 6 nitrogen and oxygen atoms in total. The molecule has 1 amide bonds. The van der Waals surface area contributed by atoms with Crippen molar-refractivity contribution in [3.05, 3.63) is 26.8 Å². The lowest BCUT2D eigenvalue weighted by Crippen LogP contribution is -2.13. The molecule has 0 spiro atoms. The Morgan fingerprint density at radius 3 is 2.79 bits per heavy atom. The topological polar surface area (TPSA) is 93.9 Å². The van der Waals surface area contributed by atoms with Gasteiger partial charge in [0.2, 0.25) is 0 Å². The standard InChI is InChI=1S/C11H10Br2N4O2/c1-2-19-10-6(3-5(12)4-7(10)13)8-9(11(14)18)16-17-15-8/h3-4H,2H2,1H3,(H2,14,18)(H,15,16,17). The molecule has 0 atom stereocenters. The van der Waals surface area contributed by atoms with Crippen molar-refractivity contribution in [2.24, 2.45) is 5.73 Å². The summed E-state index contributed by atoms with van der Waals surface area (Å²) in [6.45, 7) is 2.35. The van der Waals surface area contributed by atoms with Gasteiger partial charge in [-0.15, -0.1) is 0 Å². The van der Waals surface area contributed by atoms with Crippen LogP contribution < -0.4 is 10.5 Å². The minimum absolute atomic E-state index is 0.0750. The number of hydrogen-bond donors (Lipinski definition) is 2. The number of rotatable bonds is 4. The van der Waals surface area contributed by atoms with E-state index < -0.39 is 5.91 Å². The van der Waals surface area contributed by atoms with Crippen LogP contribution in [0.25, 0.3) is 11.3 Å². The van der Waals surface area contributed by atoms with Crippen LogP contribution in [0.4, 0.5) is 0 Å². The zero-order valence-electron chi connectivity index (χ0n) is 9.91. The van der Waals surface area contributed by atoms with Crippen LogP contribution in [-0.2, 0) is 0 Å². The van der Waals surface area contributed by atoms with E-state index >= 15 is 0 Å². The summed E-state index contributed by atoms with van der Waals surface area (Å²) in [5, 5.41) is 10.1. The highest BCUT2D eigenvalue weighted by Gasteiger charge is 2.21. The lowest BCUT2D eigenvalue weighted by atomic mass is 10.1. The Morgan fingerprint density at radius 2 is 2.16 bits per heavy atom. The first kappa shape index (κ1) is 14.0. The number of aromatic amines is 1. The Kier molecular flexibility index (Phi) is 4.20. The van der Waals surface area contributed by atoms with Gasteiger partial charge in [-0.3, -0.25) is 4.79 Å². The molecule has 0 aliphatic heterocycles. The fourth-order valence-electron chi connectivity index (χ4n) is 1.62. The van der Waals surface area contributed by atoms with Gasteiger partial charge in [0.25, 0.3) is 5.91 Å². The second-order valence-corrected chi connectivity index (χ2v) is 5.35. The Hall–Kier alpha value is -1.41. The summed E-state index contributed by atoms with van der Waals surface area (Å²) in [5.41, 5.74) is 6.34. The molecule has 2 aromatic rings. The van der Waals surface area contributed by atoms with Crippen molar-refractivity contribution in [3.8, 4) is 17.0 Å². The van der Waals surface area contributed by atoms with Crippen LogP contribution in [0.3, 0.4) is 0 Å². The van der Waals surface area contributed by atoms with E-state index in [1.165, 1.54) is 0 Å². The molecule has 2 rings (SSSR count). The Bertz CT molecular complexity index is 627. The van der Waals surface area contributed by atoms with Crippen LogP contribution in [0.2, 0.25) is 0 Å². The summed E-state index contributed by atoms with van der Waals surface area (Å²) >= 11 is 6.80. The molecule has 0 fully saturated rings. The van der Waals surface area contributed by atoms with E-state index in [2.05, 4.69) is 47.3 Å². The van der Waals surface area contributed by atoms with Crippen LogP contribution in [-0.4, -0.2) is 27.9 Å². The third-order valence-electron chi connectivity index (χ3n) is 2.33. The third-order valence-corrected chi connectivity index (χ3v) is 3.38. The molecule has 1 aromatic carbocycles. The maximum Gasteiger partial charge on any atom is 0.271 e. The summed E-state index contributed by atoms with van der Waals surface area (Å²) in [5.74, 6) is -0.0654. The minimum atomic E-state index is -0.651. The Balaban J connectivity index is 2.66. The minimum Gasteiger partial charge on any atom is -0.492 e. The van der Waals surface area contributed by atoms with E-state index in [0.717, 1.165) is 8.95 Å². The van der Waals surface area contributed by atoms with Crippen LogP contribution in [0.5, 0.6) is 5.75 Å². The lowest BCUT2D eigenvalue weighted by Gasteiger charge is -2.11. The van der Waals surface area contributed by atoms with Crippen LogP contribution >= 0.6 is 31.9 Å². The molecule has 0 radical (unpaired) electrons. The molecule has 0 saturated carbocycles. The van der Waals surface area contributed by atoms with E-state index in [4.69, 9.17) is 10.5 Å². The maximum atomic E-state index is 11.3. The van der Waals surface area contributed by atoms with Gasteiger partial charge in [-0.25, -0.2) is 0 Å². The number of nitrogens with two attached hydrogens (primary N) is 1. The highest BCUT2D eigenvalue weighted by Crippen LogP contribution is 2.39. The average molecular weight is 390 g/mol. The summed E-state index contributed by atoms with van der Waals surface area (Å²) in [7, 11) is 0. The fraction of sp³-hybridized carbons (Fsp3) is 0.182. The quantitative estimate of drug-likeness (QED) is 0.839. The van der Waals surface area contributed by atoms with Crippen LogP contribution in [0.1, 0.15) is 17.4 Å². The van der Waals surface area contributed by atoms with Crippen molar-refractivity contribution >= 4 is 37.8 Å². The van der Waals surface area contributed by atoms with Crippen molar-refractivity contribution in [1.29, 1.82) is 0 Å². The number of carbonyl (C=O) groups is 1. The molecule has 0 unspecified atom stereocenters. The lowest BCUT2D eigenvalue weighted by molar-refractivity contribution is 0.0996. The SMILES string of the molecule is CCOc1c(Br)cc(Br)cc1-c1n[nH]nc1C(N)=O. The third kappa shape index (κ3) is 2.79. The highest BCUT2D eigenvalue weighted by atomic mass is 79.9. The van der Waals surface area contributed by atoms with Gasteiger partial charge in [-0.2, -0.15) is 15.4 Å². The maximum absolute atomic E-state index is 11.3. The Labute approximate surface area is 126 Å². The van der Waals surface area contributed by atoms with Gasteiger partial charge in [0.15, 0.2) is 5.69 Å². The van der Waals surface area contributed by atoms with Gasteiger partial charge >= 0.3 is 0 Å². The first-order valence-corrected chi connectivity index (χ1v) is 6.96. The van der Waals surface area contributed by atoms with E-state index in [9.17, 15) is 4.79 Å². The smallest absolute Gasteiger partial charge is 0.271 e. The molecule has 0 aliphatic rings. The average Bonchev–Trinajstić information content (AvgIpc) is 2.81. The molecule has 0 bridgehead atoms. The number of nitrogens with one attached hydrogen (secondary N) is 1. The van der Waals surface area contributed by atoms with Crippen molar-refractivity contribution in [3.63, 3.8) is 0 Å².